The van der Waals surface area contributed by atoms with Gasteiger partial charge in [0.1, 0.15) is 42.2 Å². The number of fused-ring (bicyclic) bond motifs is 3. The zero-order valence-corrected chi connectivity index (χ0v) is 43.0. The summed E-state index contributed by atoms with van der Waals surface area (Å²) in [6.07, 6.45) is 6.09. The molecular weight excluding hydrogens is 899 g/mol. The van der Waals surface area contributed by atoms with Crippen molar-refractivity contribution in [1.82, 2.24) is 14.9 Å². The first-order valence-corrected chi connectivity index (χ1v) is 25.4. The third-order valence-electron chi connectivity index (χ3n) is 15.3. The number of aromatic amines is 1. The average Bonchev–Trinajstić information content (AvgIpc) is 3.84. The van der Waals surface area contributed by atoms with E-state index in [0.29, 0.717) is 56.3 Å². The van der Waals surface area contributed by atoms with E-state index in [1.54, 1.807) is 34.3 Å². The quantitative estimate of drug-likeness (QED) is 0.117. The van der Waals surface area contributed by atoms with E-state index < -0.39 is 77.8 Å². The number of H-pyrrole nitrogens is 1. The van der Waals surface area contributed by atoms with Gasteiger partial charge in [-0.15, -0.1) is 0 Å². The monoisotopic (exact) mass is 978 g/mol. The minimum atomic E-state index is -2.52. The Kier molecular flexibility index (Phi) is 19.6. The normalized spacial score (nSPS) is 35.5. The summed E-state index contributed by atoms with van der Waals surface area (Å²) in [5.41, 5.74) is 3.38. The highest BCUT2D eigenvalue weighted by atomic mass is 16.7. The van der Waals surface area contributed by atoms with Gasteiger partial charge in [0.25, 0.3) is 11.7 Å². The molecule has 2 saturated heterocycles. The van der Waals surface area contributed by atoms with E-state index in [1.807, 2.05) is 51.1 Å². The molecule has 16 nitrogen and oxygen atoms in total. The molecule has 1 aromatic carbocycles. The predicted octanol–water partition coefficient (Wildman–Crippen LogP) is 7.10. The van der Waals surface area contributed by atoms with Crippen molar-refractivity contribution in [3.63, 3.8) is 0 Å². The van der Waals surface area contributed by atoms with E-state index >= 15 is 0 Å². The van der Waals surface area contributed by atoms with Crippen LogP contribution < -0.4 is 4.74 Å². The number of imidazole rings is 1. The second kappa shape index (κ2) is 24.9. The molecule has 388 valence electrons. The van der Waals surface area contributed by atoms with Crippen molar-refractivity contribution in [2.45, 2.75) is 173 Å². The van der Waals surface area contributed by atoms with Crippen LogP contribution in [0.1, 0.15) is 118 Å². The number of carbonyl (C=O) groups excluding carboxylic acids is 4. The SMILES string of the molecule is CC[C@@H]1/C=C(\C)C[C@H](C)C[C@H](OC)[C@H]2O[C@@](O)(C(=O)C(=O)N3CCCC[C@H]3C(=O)O[C@H](/C(C)=C/[C@@H]3CC[C@@H](OCc4ncc(-c5ccccc5OC)[nH]4)[C@H](OC)C3)[C@H](C)[C@@H](O)CC1=O)[C@H](C)C[C@@H]2OC. The zero-order chi connectivity index (χ0) is 50.9. The van der Waals surface area contributed by atoms with Gasteiger partial charge in [-0.25, -0.2) is 9.78 Å². The van der Waals surface area contributed by atoms with Crippen LogP contribution in [-0.2, 0) is 54.2 Å². The highest BCUT2D eigenvalue weighted by Crippen LogP contribution is 2.40. The number of esters is 1. The number of ketones is 2. The fourth-order valence-electron chi connectivity index (χ4n) is 11.2. The first-order valence-electron chi connectivity index (χ1n) is 25.4. The second-order valence-electron chi connectivity index (χ2n) is 20.4. The number of hydrogen-bond donors (Lipinski definition) is 3. The largest absolute Gasteiger partial charge is 0.496 e. The Morgan fingerprint density at radius 3 is 2.34 bits per heavy atom. The first kappa shape index (κ1) is 55.0. The minimum absolute atomic E-state index is 0.0109. The fourth-order valence-corrected chi connectivity index (χ4v) is 11.2. The average molecular weight is 978 g/mol. The smallest absolute Gasteiger partial charge is 0.329 e. The summed E-state index contributed by atoms with van der Waals surface area (Å²) in [6, 6.07) is 6.56. The van der Waals surface area contributed by atoms with E-state index in [1.165, 1.54) is 19.1 Å². The molecule has 2 bridgehead atoms. The lowest BCUT2D eigenvalue weighted by atomic mass is 9.81. The summed E-state index contributed by atoms with van der Waals surface area (Å²) in [5.74, 6) is -6.20. The van der Waals surface area contributed by atoms with Crippen molar-refractivity contribution >= 4 is 23.4 Å². The molecular formula is C54H79N3O13. The van der Waals surface area contributed by atoms with Crippen molar-refractivity contribution in [2.75, 3.05) is 35.0 Å². The highest BCUT2D eigenvalue weighted by Gasteiger charge is 2.56. The van der Waals surface area contributed by atoms with Crippen LogP contribution in [-0.4, -0.2) is 138 Å². The molecule has 0 radical (unpaired) electrons. The number of para-hydroxylation sites is 1. The maximum Gasteiger partial charge on any atom is 0.329 e. The highest BCUT2D eigenvalue weighted by molar-refractivity contribution is 6.39. The van der Waals surface area contributed by atoms with Gasteiger partial charge in [0.15, 0.2) is 0 Å². The number of ether oxygens (including phenoxy) is 7. The number of rotatable bonds is 11. The lowest BCUT2D eigenvalue weighted by molar-refractivity contribution is -0.302. The number of aliphatic hydroxyl groups is 2. The van der Waals surface area contributed by atoms with Crippen LogP contribution in [0.4, 0.5) is 0 Å². The number of hydrogen-bond acceptors (Lipinski definition) is 14. The Morgan fingerprint density at radius 1 is 0.929 bits per heavy atom. The lowest BCUT2D eigenvalue weighted by Gasteiger charge is -2.47. The molecule has 1 aromatic heterocycles. The number of allylic oxidation sites excluding steroid dienone is 3. The Morgan fingerprint density at radius 2 is 1.64 bits per heavy atom. The van der Waals surface area contributed by atoms with Gasteiger partial charge in [0.05, 0.1) is 49.5 Å². The molecule has 70 heavy (non-hydrogen) atoms. The van der Waals surface area contributed by atoms with E-state index in [2.05, 4.69) is 23.0 Å². The molecule has 3 fully saturated rings. The molecule has 16 heteroatoms. The summed E-state index contributed by atoms with van der Waals surface area (Å²) in [7, 11) is 6.37. The molecule has 1 saturated carbocycles. The van der Waals surface area contributed by atoms with Crippen molar-refractivity contribution in [3.05, 3.63) is 59.6 Å². The molecule has 1 amide bonds. The summed E-state index contributed by atoms with van der Waals surface area (Å²) < 4.78 is 42.4. The van der Waals surface area contributed by atoms with Crippen molar-refractivity contribution in [2.24, 2.45) is 29.6 Å². The van der Waals surface area contributed by atoms with Gasteiger partial charge >= 0.3 is 5.97 Å². The maximum absolute atomic E-state index is 14.6. The van der Waals surface area contributed by atoms with Gasteiger partial charge in [-0.3, -0.25) is 14.4 Å². The van der Waals surface area contributed by atoms with Crippen LogP contribution in [0.2, 0.25) is 0 Å². The summed E-state index contributed by atoms with van der Waals surface area (Å²) in [6.45, 7) is 11.6. The molecule has 3 aliphatic heterocycles. The zero-order valence-electron chi connectivity index (χ0n) is 43.0. The molecule has 4 heterocycles. The Balaban J connectivity index is 1.26. The molecule has 3 N–H and O–H groups in total. The standard InChI is InChI=1S/C54H79N3O13/c1-11-37-23-31(2)22-32(3)24-46(66-9)50-47(67-10)26-34(5)54(63,70-50)51(60)52(61)57-21-15-14-17-40(57)53(62)69-49(35(6)41(58)28-42(37)59)33(4)25-36-19-20-44(45(27-36)65-8)68-30-48-55-29-39(56-48)38-16-12-13-18-43(38)64-7/h12-13,16,18,23,25,29,32,34-37,40-41,44-47,49-50,58,63H,11,14-15,17,19-22,24,26-28,30H2,1-10H3,(H,55,56)/b31-23+,33-25+/t32-,34+,35+,36-,37+,40-,41-,44+,45+,46-,47-,49+,50+,54+/m0/s1. The fraction of sp³-hybridized carbons (Fsp3) is 0.685. The molecule has 4 aliphatic rings. The summed E-state index contributed by atoms with van der Waals surface area (Å²) in [4.78, 5) is 66.5. The van der Waals surface area contributed by atoms with Gasteiger partial charge in [0, 0.05) is 57.6 Å². The van der Waals surface area contributed by atoms with Gasteiger partial charge in [-0.1, -0.05) is 57.6 Å². The Bertz CT molecular complexity index is 2160. The van der Waals surface area contributed by atoms with Crippen LogP contribution in [0.3, 0.4) is 0 Å². The molecule has 1 aliphatic carbocycles. The predicted molar refractivity (Wildman–Crippen MR) is 261 cm³/mol. The molecule has 2 aromatic rings. The van der Waals surface area contributed by atoms with Crippen LogP contribution in [0, 0.1) is 29.6 Å². The van der Waals surface area contributed by atoms with Gasteiger partial charge < -0.3 is 53.3 Å². The van der Waals surface area contributed by atoms with Crippen molar-refractivity contribution in [1.29, 1.82) is 0 Å². The van der Waals surface area contributed by atoms with Crippen molar-refractivity contribution < 1.29 is 62.5 Å². The van der Waals surface area contributed by atoms with E-state index in [-0.39, 0.29) is 62.2 Å². The number of piperidine rings is 1. The van der Waals surface area contributed by atoms with E-state index in [4.69, 9.17) is 33.2 Å². The number of aromatic nitrogens is 2. The second-order valence-corrected chi connectivity index (χ2v) is 20.4. The number of aliphatic hydroxyl groups excluding tert-OH is 1. The molecule has 14 atom stereocenters. The maximum atomic E-state index is 14.6. The number of amides is 1. The Labute approximate surface area is 414 Å². The number of benzene rings is 1. The van der Waals surface area contributed by atoms with Crippen LogP contribution >= 0.6 is 0 Å². The van der Waals surface area contributed by atoms with E-state index in [9.17, 15) is 29.4 Å². The van der Waals surface area contributed by atoms with Crippen LogP contribution in [0.15, 0.2) is 53.8 Å². The molecule has 0 unspecified atom stereocenters. The van der Waals surface area contributed by atoms with E-state index in [0.717, 1.165) is 29.0 Å². The minimum Gasteiger partial charge on any atom is -0.496 e. The number of nitrogens with zero attached hydrogens (tertiary/aromatic N) is 2. The summed E-state index contributed by atoms with van der Waals surface area (Å²) in [5, 5.41) is 24.0. The third kappa shape index (κ3) is 12.8. The Hall–Kier alpha value is -4.29. The van der Waals surface area contributed by atoms with Crippen molar-refractivity contribution in [3.8, 4) is 17.0 Å². The van der Waals surface area contributed by atoms with Gasteiger partial charge in [-0.05, 0) is 108 Å². The lowest BCUT2D eigenvalue weighted by Crippen LogP contribution is -2.64. The van der Waals surface area contributed by atoms with Gasteiger partial charge in [-0.2, -0.15) is 0 Å². The number of methoxy groups -OCH3 is 4. The number of nitrogens with one attached hydrogen (secondary N) is 1. The molecule has 0 spiro atoms. The third-order valence-corrected chi connectivity index (χ3v) is 15.3. The summed E-state index contributed by atoms with van der Waals surface area (Å²) >= 11 is 0. The van der Waals surface area contributed by atoms with Crippen LogP contribution in [0.5, 0.6) is 5.75 Å². The number of cyclic esters (lactones) is 1. The molecule has 6 rings (SSSR count). The topological polar surface area (TPSA) is 205 Å². The first-order chi connectivity index (χ1) is 33.5. The van der Waals surface area contributed by atoms with Gasteiger partial charge in [0.2, 0.25) is 5.79 Å². The van der Waals surface area contributed by atoms with Crippen LogP contribution in [0.25, 0.3) is 11.3 Å². The number of Topliss-reactive ketones (excluding diaryl/α,β-unsaturated/α-hetero) is 2. The number of carbonyl (C=O) groups is 4.